The van der Waals surface area contributed by atoms with E-state index in [-0.39, 0.29) is 35.6 Å². The molecular weight excluding hydrogens is 461 g/mol. The van der Waals surface area contributed by atoms with Crippen molar-refractivity contribution >= 4 is 33.4 Å². The van der Waals surface area contributed by atoms with Gasteiger partial charge in [-0.15, -0.1) is 4.40 Å². The molecule has 2 aromatic carbocycles. The number of ether oxygens (including phenoxy) is 1. The third-order valence-corrected chi connectivity index (χ3v) is 7.57. The first-order valence-corrected chi connectivity index (χ1v) is 12.4. The highest BCUT2D eigenvalue weighted by atomic mass is 32.2. The Labute approximate surface area is 197 Å². The molecule has 10 heteroatoms. The standard InChI is InChI=1S/C24H26FN3O5S/c1-15-6-11-19-21(12-15)34(31,32)27-22(26-19)13-23(29)28(14-16-7-9-17(25)10-8-16)20-5-3-4-18(20)24(30)33-2/h6-12,18,20H,3-5,13-14H2,1-2H3,(H,26,27)/t18-,20+/m1/s1. The van der Waals surface area contributed by atoms with Crippen molar-refractivity contribution < 1.29 is 27.1 Å². The Hall–Kier alpha value is -3.27. The van der Waals surface area contributed by atoms with Crippen LogP contribution in [0.4, 0.5) is 10.1 Å². The Morgan fingerprint density at radius 2 is 1.91 bits per heavy atom. The van der Waals surface area contributed by atoms with Gasteiger partial charge < -0.3 is 15.0 Å². The minimum absolute atomic E-state index is 0.0121. The van der Waals surface area contributed by atoms with Crippen molar-refractivity contribution in [2.24, 2.45) is 10.3 Å². The minimum Gasteiger partial charge on any atom is -0.469 e. The summed E-state index contributed by atoms with van der Waals surface area (Å²) >= 11 is 0. The zero-order valence-corrected chi connectivity index (χ0v) is 19.8. The Bertz CT molecular complexity index is 1240. The van der Waals surface area contributed by atoms with Crippen molar-refractivity contribution in [2.75, 3.05) is 12.4 Å². The van der Waals surface area contributed by atoms with Gasteiger partial charge >= 0.3 is 5.97 Å². The highest BCUT2D eigenvalue weighted by molar-refractivity contribution is 7.90. The number of fused-ring (bicyclic) bond motifs is 1. The van der Waals surface area contributed by atoms with Crippen molar-refractivity contribution in [2.45, 2.75) is 50.1 Å². The van der Waals surface area contributed by atoms with Crippen LogP contribution < -0.4 is 5.32 Å². The van der Waals surface area contributed by atoms with Crippen molar-refractivity contribution in [3.8, 4) is 0 Å². The smallest absolute Gasteiger partial charge is 0.310 e. The molecule has 2 aromatic rings. The van der Waals surface area contributed by atoms with Gasteiger partial charge in [-0.3, -0.25) is 9.59 Å². The molecule has 0 unspecified atom stereocenters. The SMILES string of the molecule is COC(=O)[C@@H]1CCC[C@@H]1N(Cc1ccc(F)cc1)C(=O)CC1=NS(=O)(=O)c2cc(C)ccc2N1. The lowest BCUT2D eigenvalue weighted by molar-refractivity contribution is -0.149. The fraction of sp³-hybridized carbons (Fsp3) is 0.375. The third-order valence-electron chi connectivity index (χ3n) is 6.21. The van der Waals surface area contributed by atoms with Gasteiger partial charge in [0.15, 0.2) is 0 Å². The number of halogens is 1. The normalized spacial score (nSPS) is 20.6. The number of rotatable bonds is 6. The zero-order chi connectivity index (χ0) is 24.5. The summed E-state index contributed by atoms with van der Waals surface area (Å²) in [5, 5.41) is 2.95. The van der Waals surface area contributed by atoms with E-state index in [1.807, 2.05) is 0 Å². The number of aryl methyl sites for hydroxylation is 1. The summed E-state index contributed by atoms with van der Waals surface area (Å²) in [6, 6.07) is 10.3. The number of carbonyl (C=O) groups is 2. The van der Waals surface area contributed by atoms with E-state index in [4.69, 9.17) is 4.74 Å². The number of sulfonamides is 1. The van der Waals surface area contributed by atoms with Crippen LogP contribution in [0.2, 0.25) is 0 Å². The lowest BCUT2D eigenvalue weighted by atomic mass is 10.0. The maximum absolute atomic E-state index is 13.5. The van der Waals surface area contributed by atoms with Crippen LogP contribution in [0.3, 0.4) is 0 Å². The van der Waals surface area contributed by atoms with Gasteiger partial charge in [-0.1, -0.05) is 24.6 Å². The molecule has 0 aromatic heterocycles. The number of amides is 1. The number of hydrogen-bond acceptors (Lipinski definition) is 6. The number of esters is 1. The average Bonchev–Trinajstić information content (AvgIpc) is 3.28. The number of amidine groups is 1. The summed E-state index contributed by atoms with van der Waals surface area (Å²) in [7, 11) is -2.64. The molecule has 1 fully saturated rings. The lowest BCUT2D eigenvalue weighted by Crippen LogP contribution is -2.45. The van der Waals surface area contributed by atoms with Crippen molar-refractivity contribution in [3.05, 3.63) is 59.4 Å². The second-order valence-corrected chi connectivity index (χ2v) is 10.2. The van der Waals surface area contributed by atoms with Gasteiger partial charge in [-0.25, -0.2) is 4.39 Å². The summed E-state index contributed by atoms with van der Waals surface area (Å²) in [6.45, 7) is 1.93. The van der Waals surface area contributed by atoms with E-state index in [0.717, 1.165) is 12.0 Å². The molecule has 1 saturated carbocycles. The minimum atomic E-state index is -3.96. The molecule has 8 nitrogen and oxygen atoms in total. The maximum Gasteiger partial charge on any atom is 0.310 e. The van der Waals surface area contributed by atoms with E-state index < -0.39 is 27.8 Å². The largest absolute Gasteiger partial charge is 0.469 e. The summed E-state index contributed by atoms with van der Waals surface area (Å²) in [6.07, 6.45) is 1.65. The second-order valence-electron chi connectivity index (χ2n) is 8.59. The summed E-state index contributed by atoms with van der Waals surface area (Å²) < 4.78 is 47.6. The molecule has 4 rings (SSSR count). The zero-order valence-electron chi connectivity index (χ0n) is 19.0. The van der Waals surface area contributed by atoms with Gasteiger partial charge in [-0.2, -0.15) is 8.42 Å². The van der Waals surface area contributed by atoms with E-state index in [0.29, 0.717) is 24.1 Å². The van der Waals surface area contributed by atoms with E-state index in [2.05, 4.69) is 9.71 Å². The predicted molar refractivity (Wildman–Crippen MR) is 124 cm³/mol. The molecule has 1 N–H and O–H groups in total. The van der Waals surface area contributed by atoms with Crippen molar-refractivity contribution in [1.82, 2.24) is 4.90 Å². The number of nitrogens with zero attached hydrogens (tertiary/aromatic N) is 2. The quantitative estimate of drug-likeness (QED) is 0.626. The molecule has 1 amide bonds. The second kappa shape index (κ2) is 9.54. The van der Waals surface area contributed by atoms with Gasteiger partial charge in [0.25, 0.3) is 10.0 Å². The number of methoxy groups -OCH3 is 1. The molecule has 0 radical (unpaired) electrons. The summed E-state index contributed by atoms with van der Waals surface area (Å²) in [5.41, 5.74) is 1.83. The van der Waals surface area contributed by atoms with Gasteiger partial charge in [-0.05, 0) is 55.2 Å². The molecule has 0 bridgehead atoms. The van der Waals surface area contributed by atoms with E-state index >= 15 is 0 Å². The topological polar surface area (TPSA) is 105 Å². The fourth-order valence-electron chi connectivity index (χ4n) is 4.56. The highest BCUT2D eigenvalue weighted by Crippen LogP contribution is 2.33. The summed E-state index contributed by atoms with van der Waals surface area (Å²) in [5.74, 6) is -1.64. The number of benzene rings is 2. The van der Waals surface area contributed by atoms with Crippen LogP contribution in [0.25, 0.3) is 0 Å². The molecular formula is C24H26FN3O5S. The van der Waals surface area contributed by atoms with E-state index in [1.165, 1.54) is 25.3 Å². The summed E-state index contributed by atoms with van der Waals surface area (Å²) in [4.78, 5) is 27.5. The molecule has 2 atom stereocenters. The molecule has 2 aliphatic rings. The molecule has 1 heterocycles. The van der Waals surface area contributed by atoms with Crippen LogP contribution in [-0.2, 0) is 30.9 Å². The molecule has 1 aliphatic carbocycles. The van der Waals surface area contributed by atoms with Gasteiger partial charge in [0, 0.05) is 12.6 Å². The number of carbonyl (C=O) groups excluding carboxylic acids is 2. The Morgan fingerprint density at radius 1 is 1.18 bits per heavy atom. The average molecular weight is 488 g/mol. The Morgan fingerprint density at radius 3 is 2.62 bits per heavy atom. The van der Waals surface area contributed by atoms with Crippen LogP contribution >= 0.6 is 0 Å². The van der Waals surface area contributed by atoms with Crippen molar-refractivity contribution in [3.63, 3.8) is 0 Å². The van der Waals surface area contributed by atoms with Crippen LogP contribution in [0.5, 0.6) is 0 Å². The maximum atomic E-state index is 13.5. The Balaban J connectivity index is 1.62. The first kappa shape index (κ1) is 23.9. The van der Waals surface area contributed by atoms with E-state index in [9.17, 15) is 22.4 Å². The van der Waals surface area contributed by atoms with Crippen LogP contribution in [-0.4, -0.2) is 44.2 Å². The highest BCUT2D eigenvalue weighted by Gasteiger charge is 2.40. The predicted octanol–water partition coefficient (Wildman–Crippen LogP) is 3.41. The van der Waals surface area contributed by atoms with Gasteiger partial charge in [0.2, 0.25) is 5.91 Å². The van der Waals surface area contributed by atoms with Crippen LogP contribution in [0.1, 0.15) is 36.8 Å². The number of hydrogen-bond donors (Lipinski definition) is 1. The van der Waals surface area contributed by atoms with E-state index in [1.54, 1.807) is 36.1 Å². The first-order valence-electron chi connectivity index (χ1n) is 11.0. The Kier molecular flexibility index (Phi) is 6.70. The molecule has 34 heavy (non-hydrogen) atoms. The first-order chi connectivity index (χ1) is 16.2. The fourth-order valence-corrected chi connectivity index (χ4v) is 5.79. The molecule has 1 aliphatic heterocycles. The van der Waals surface area contributed by atoms with Gasteiger partial charge in [0.1, 0.15) is 16.5 Å². The number of anilines is 1. The third kappa shape index (κ3) is 4.96. The monoisotopic (exact) mass is 487 g/mol. The van der Waals surface area contributed by atoms with Crippen LogP contribution in [0.15, 0.2) is 51.8 Å². The molecule has 0 saturated heterocycles. The van der Waals surface area contributed by atoms with Gasteiger partial charge in [0.05, 0.1) is 25.1 Å². The van der Waals surface area contributed by atoms with Crippen LogP contribution in [0, 0.1) is 18.7 Å². The van der Waals surface area contributed by atoms with Crippen molar-refractivity contribution in [1.29, 1.82) is 0 Å². The number of nitrogens with one attached hydrogen (secondary N) is 1. The molecule has 0 spiro atoms. The molecule has 180 valence electrons. The lowest BCUT2D eigenvalue weighted by Gasteiger charge is -2.33.